The highest BCUT2D eigenvalue weighted by atomic mass is 31.2. The third-order valence-electron chi connectivity index (χ3n) is 1.64. The molecule has 4 heteroatoms. The minimum Gasteiger partial charge on any atom is -0.299 e. The van der Waals surface area contributed by atoms with Crippen molar-refractivity contribution in [1.82, 2.24) is 0 Å². The topological polar surface area (TPSA) is 57.5 Å². The van der Waals surface area contributed by atoms with E-state index in [9.17, 15) is 14.6 Å². The van der Waals surface area contributed by atoms with Crippen molar-refractivity contribution < 1.29 is 14.6 Å². The van der Waals surface area contributed by atoms with Gasteiger partial charge in [-0.15, -0.1) is 0 Å². The summed E-state index contributed by atoms with van der Waals surface area (Å²) in [7, 11) is -2.90. The predicted molar refractivity (Wildman–Crippen MR) is 42.0 cm³/mol. The Kier molecular flexibility index (Phi) is 4.02. The van der Waals surface area contributed by atoms with Crippen LogP contribution >= 0.6 is 7.72 Å². The molecular weight excluding hydrogens is 151 g/mol. The van der Waals surface area contributed by atoms with Gasteiger partial charge >= 0.3 is 0 Å². The van der Waals surface area contributed by atoms with Gasteiger partial charge in [-0.3, -0.25) is 4.79 Å². The number of rotatable bonds is 4. The molecule has 0 rings (SSSR count). The maximum absolute atomic E-state index is 9.95. The van der Waals surface area contributed by atoms with Crippen molar-refractivity contribution in [2.45, 2.75) is 25.9 Å². The highest BCUT2D eigenvalue weighted by molar-refractivity contribution is 7.66. The monoisotopic (exact) mass is 165 g/mol. The fourth-order valence-corrected chi connectivity index (χ4v) is 1.75. The maximum Gasteiger partial charge on any atom is 0.277 e. The summed E-state index contributed by atoms with van der Waals surface area (Å²) in [5, 5.41) is 0. The van der Waals surface area contributed by atoms with E-state index >= 15 is 0 Å². The van der Waals surface area contributed by atoms with Gasteiger partial charge in [0.25, 0.3) is 7.72 Å². The molecule has 0 aliphatic rings. The van der Waals surface area contributed by atoms with Gasteiger partial charge in [-0.1, -0.05) is 6.92 Å². The molecule has 0 saturated heterocycles. The van der Waals surface area contributed by atoms with Gasteiger partial charge in [0.05, 0.1) is 0 Å². The van der Waals surface area contributed by atoms with E-state index in [-0.39, 0.29) is 11.8 Å². The fraction of sp³-hybridized carbons (Fsp3) is 0.833. The summed E-state index contributed by atoms with van der Waals surface area (Å²) in [4.78, 5) is 28.4. The van der Waals surface area contributed by atoms with E-state index in [1.807, 2.05) is 6.92 Å². The van der Waals surface area contributed by atoms with Crippen LogP contribution < -0.4 is 0 Å². The molecule has 0 spiro atoms. The van der Waals surface area contributed by atoms with Crippen LogP contribution in [0.3, 0.4) is 0 Å². The molecule has 0 aliphatic carbocycles. The fourth-order valence-electron chi connectivity index (χ4n) is 0.582. The molecule has 0 radical (unpaired) electrons. The van der Waals surface area contributed by atoms with Crippen LogP contribution in [0.1, 0.15) is 20.3 Å². The molecule has 0 aromatic carbocycles. The van der Waals surface area contributed by atoms with Crippen LogP contribution in [0.5, 0.6) is 0 Å². The third kappa shape index (κ3) is 2.74. The Hall–Kier alpha value is 0.0200. The Labute approximate surface area is 61.6 Å². The van der Waals surface area contributed by atoms with Crippen LogP contribution in [0.2, 0.25) is 0 Å². The van der Waals surface area contributed by atoms with Crippen molar-refractivity contribution in [3.8, 4) is 0 Å². The zero-order valence-electron chi connectivity index (χ0n) is 6.32. The molecule has 10 heavy (non-hydrogen) atoms. The van der Waals surface area contributed by atoms with Crippen LogP contribution in [-0.2, 0) is 4.79 Å². The Morgan fingerprint density at radius 3 is 2.40 bits per heavy atom. The molecule has 0 aromatic rings. The van der Waals surface area contributed by atoms with Crippen LogP contribution in [0.25, 0.3) is 0 Å². The van der Waals surface area contributed by atoms with Crippen LogP contribution in [-0.4, -0.2) is 27.9 Å². The van der Waals surface area contributed by atoms with E-state index in [1.54, 1.807) is 6.92 Å². The summed E-state index contributed by atoms with van der Waals surface area (Å²) < 4.78 is 0. The lowest BCUT2D eigenvalue weighted by atomic mass is 10.4. The van der Waals surface area contributed by atoms with Gasteiger partial charge in [0.15, 0.2) is 12.4 Å². The average molecular weight is 165 g/mol. The molecule has 2 N–H and O–H groups in total. The van der Waals surface area contributed by atoms with Crippen molar-refractivity contribution in [1.29, 1.82) is 0 Å². The smallest absolute Gasteiger partial charge is 0.277 e. The van der Waals surface area contributed by atoms with Crippen LogP contribution in [0, 0.1) is 0 Å². The number of carbonyl (C=O) groups is 1. The standard InChI is InChI=1S/C6H14O3P/c1-3-6(2)10(8,9)5-4-7/h4,6,8-9H,3,5H2,1-2H3/q+1. The Morgan fingerprint density at radius 1 is 1.60 bits per heavy atom. The number of aldehydes is 1. The summed E-state index contributed by atoms with van der Waals surface area (Å²) in [6, 6.07) is 0. The van der Waals surface area contributed by atoms with Gasteiger partial charge in [-0.25, -0.2) is 9.79 Å². The van der Waals surface area contributed by atoms with Gasteiger partial charge in [0.1, 0.15) is 5.66 Å². The van der Waals surface area contributed by atoms with Crippen molar-refractivity contribution in [3.05, 3.63) is 0 Å². The van der Waals surface area contributed by atoms with Crippen LogP contribution in [0.4, 0.5) is 0 Å². The molecule has 0 amide bonds. The Morgan fingerprint density at radius 2 is 2.10 bits per heavy atom. The largest absolute Gasteiger partial charge is 0.299 e. The molecule has 0 aliphatic heterocycles. The molecule has 1 unspecified atom stereocenters. The molecule has 0 saturated carbocycles. The van der Waals surface area contributed by atoms with Gasteiger partial charge in [0.2, 0.25) is 0 Å². The van der Waals surface area contributed by atoms with E-state index in [4.69, 9.17) is 0 Å². The number of carbonyl (C=O) groups excluding carboxylic acids is 1. The third-order valence-corrected chi connectivity index (χ3v) is 4.10. The first-order chi connectivity index (χ1) is 4.54. The van der Waals surface area contributed by atoms with Crippen LogP contribution in [0.15, 0.2) is 0 Å². The minimum atomic E-state index is -2.90. The second-order valence-corrected chi connectivity index (χ2v) is 5.21. The Balaban J connectivity index is 3.94. The summed E-state index contributed by atoms with van der Waals surface area (Å²) in [5.41, 5.74) is -0.141. The summed E-state index contributed by atoms with van der Waals surface area (Å²) >= 11 is 0. The second-order valence-electron chi connectivity index (χ2n) is 2.39. The molecule has 1 atom stereocenters. The van der Waals surface area contributed by atoms with Crippen molar-refractivity contribution in [3.63, 3.8) is 0 Å². The highest BCUT2D eigenvalue weighted by Gasteiger charge is 2.38. The zero-order valence-corrected chi connectivity index (χ0v) is 7.21. The van der Waals surface area contributed by atoms with E-state index in [1.165, 1.54) is 0 Å². The van der Waals surface area contributed by atoms with Gasteiger partial charge < -0.3 is 0 Å². The molecule has 3 nitrogen and oxygen atoms in total. The first-order valence-corrected chi connectivity index (χ1v) is 5.26. The van der Waals surface area contributed by atoms with E-state index in [0.29, 0.717) is 12.7 Å². The van der Waals surface area contributed by atoms with Crippen molar-refractivity contribution in [2.75, 3.05) is 6.16 Å². The van der Waals surface area contributed by atoms with E-state index in [0.717, 1.165) is 0 Å². The average Bonchev–Trinajstić information content (AvgIpc) is 1.86. The number of hydrogen-bond donors (Lipinski definition) is 2. The normalized spacial score (nSPS) is 14.8. The highest BCUT2D eigenvalue weighted by Crippen LogP contribution is 2.54. The SMILES string of the molecule is CCC(C)[P+](O)(O)CC=O. The maximum atomic E-state index is 9.95. The lowest BCUT2D eigenvalue weighted by Gasteiger charge is -2.15. The molecule has 0 bridgehead atoms. The lowest BCUT2D eigenvalue weighted by molar-refractivity contribution is -0.106. The molecular formula is C6H14O3P+. The lowest BCUT2D eigenvalue weighted by Crippen LogP contribution is -2.11. The Bertz CT molecular complexity index is 114. The van der Waals surface area contributed by atoms with Gasteiger partial charge in [-0.2, -0.15) is 0 Å². The quantitative estimate of drug-likeness (QED) is 0.479. The molecule has 0 heterocycles. The first-order valence-electron chi connectivity index (χ1n) is 3.31. The molecule has 60 valence electrons. The molecule has 0 fully saturated rings. The van der Waals surface area contributed by atoms with E-state index < -0.39 is 7.72 Å². The first kappa shape index (κ1) is 10.0. The summed E-state index contributed by atoms with van der Waals surface area (Å²) in [6.45, 7) is 3.62. The minimum absolute atomic E-state index is 0.0952. The second kappa shape index (κ2) is 4.02. The summed E-state index contributed by atoms with van der Waals surface area (Å²) in [6.07, 6.45) is 1.18. The molecule has 0 aromatic heterocycles. The van der Waals surface area contributed by atoms with Gasteiger partial charge in [0, 0.05) is 0 Å². The predicted octanol–water partition coefficient (Wildman–Crippen LogP) is 0.816. The zero-order chi connectivity index (χ0) is 8.20. The number of hydrogen-bond acceptors (Lipinski definition) is 3. The summed E-state index contributed by atoms with van der Waals surface area (Å²) in [5.74, 6) is 0. The van der Waals surface area contributed by atoms with Crippen molar-refractivity contribution in [2.24, 2.45) is 0 Å². The van der Waals surface area contributed by atoms with Crippen molar-refractivity contribution >= 4 is 14.0 Å². The van der Waals surface area contributed by atoms with E-state index in [2.05, 4.69) is 0 Å². The van der Waals surface area contributed by atoms with Gasteiger partial charge in [-0.05, 0) is 13.3 Å².